The molecule has 86 valence electrons. The molecule has 15 heavy (non-hydrogen) atoms. The number of ether oxygens (including phenoxy) is 1. The van der Waals surface area contributed by atoms with Crippen molar-refractivity contribution in [1.82, 2.24) is 9.80 Å². The molecule has 0 spiro atoms. The van der Waals surface area contributed by atoms with Crippen LogP contribution in [-0.2, 0) is 14.3 Å². The lowest BCUT2D eigenvalue weighted by molar-refractivity contribution is -0.151. The zero-order chi connectivity index (χ0) is 11.4. The number of carbonyl (C=O) groups excluding carboxylic acids is 2. The summed E-state index contributed by atoms with van der Waals surface area (Å²) < 4.78 is 4.91. The molecule has 0 N–H and O–H groups in total. The van der Waals surface area contributed by atoms with E-state index in [1.807, 2.05) is 4.90 Å². The third kappa shape index (κ3) is 2.92. The highest BCUT2D eigenvalue weighted by molar-refractivity contribution is 5.81. The molecule has 1 saturated heterocycles. The molecule has 0 bridgehead atoms. The highest BCUT2D eigenvalue weighted by Gasteiger charge is 2.28. The fourth-order valence-corrected chi connectivity index (χ4v) is 1.52. The van der Waals surface area contributed by atoms with Crippen molar-refractivity contribution < 1.29 is 14.3 Å². The Labute approximate surface area is 90.0 Å². The number of esters is 1. The summed E-state index contributed by atoms with van der Waals surface area (Å²) in [5.41, 5.74) is 0. The van der Waals surface area contributed by atoms with Crippen molar-refractivity contribution in [3.8, 4) is 0 Å². The predicted molar refractivity (Wildman–Crippen MR) is 55.3 cm³/mol. The smallest absolute Gasteiger partial charge is 0.323 e. The van der Waals surface area contributed by atoms with Gasteiger partial charge < -0.3 is 9.64 Å². The second-order valence-electron chi connectivity index (χ2n) is 3.71. The fraction of sp³-hybridized carbons (Fsp3) is 0.800. The Morgan fingerprint density at radius 3 is 2.73 bits per heavy atom. The van der Waals surface area contributed by atoms with Gasteiger partial charge >= 0.3 is 5.97 Å². The molecule has 5 nitrogen and oxygen atoms in total. The molecule has 0 aromatic rings. The Balaban J connectivity index is 2.50. The van der Waals surface area contributed by atoms with Crippen LogP contribution >= 0.6 is 0 Å². The quantitative estimate of drug-likeness (QED) is 0.606. The van der Waals surface area contributed by atoms with Gasteiger partial charge in [-0.3, -0.25) is 14.5 Å². The molecule has 1 unspecified atom stereocenters. The average molecular weight is 214 g/mol. The van der Waals surface area contributed by atoms with Crippen molar-refractivity contribution >= 4 is 11.9 Å². The molecule has 1 heterocycles. The second kappa shape index (κ2) is 5.11. The molecule has 1 aliphatic rings. The van der Waals surface area contributed by atoms with Crippen LogP contribution in [0.1, 0.15) is 13.8 Å². The Hall–Kier alpha value is -1.10. The molecule has 0 aromatic heterocycles. The van der Waals surface area contributed by atoms with Crippen LogP contribution < -0.4 is 0 Å². The number of hydrogen-bond acceptors (Lipinski definition) is 4. The van der Waals surface area contributed by atoms with Crippen LogP contribution in [0, 0.1) is 0 Å². The standard InChI is InChI=1S/C10H18N2O3/c1-4-15-10(14)8(2)12-6-5-11(3)9(13)7-12/h8H,4-7H2,1-3H3. The van der Waals surface area contributed by atoms with E-state index in [0.29, 0.717) is 19.7 Å². The van der Waals surface area contributed by atoms with Crippen LogP contribution in [0.3, 0.4) is 0 Å². The van der Waals surface area contributed by atoms with Crippen molar-refractivity contribution in [2.24, 2.45) is 0 Å². The Morgan fingerprint density at radius 2 is 2.20 bits per heavy atom. The van der Waals surface area contributed by atoms with E-state index in [0.717, 1.165) is 6.54 Å². The Bertz CT molecular complexity index is 255. The summed E-state index contributed by atoms with van der Waals surface area (Å²) in [5, 5.41) is 0. The zero-order valence-corrected chi connectivity index (χ0v) is 9.52. The molecule has 1 rings (SSSR count). The Morgan fingerprint density at radius 1 is 1.53 bits per heavy atom. The molecular weight excluding hydrogens is 196 g/mol. The highest BCUT2D eigenvalue weighted by atomic mass is 16.5. The maximum Gasteiger partial charge on any atom is 0.323 e. The first-order valence-electron chi connectivity index (χ1n) is 5.21. The summed E-state index contributed by atoms with van der Waals surface area (Å²) in [6.07, 6.45) is 0. The minimum atomic E-state index is -0.331. The number of nitrogens with zero attached hydrogens (tertiary/aromatic N) is 2. The Kier molecular flexibility index (Phi) is 4.08. The SMILES string of the molecule is CCOC(=O)C(C)N1CCN(C)C(=O)C1. The van der Waals surface area contributed by atoms with Crippen LogP contribution in [0.2, 0.25) is 0 Å². The molecule has 5 heteroatoms. The maximum absolute atomic E-state index is 11.4. The van der Waals surface area contributed by atoms with Gasteiger partial charge in [0.15, 0.2) is 0 Å². The number of likely N-dealkylation sites (N-methyl/N-ethyl adjacent to an activating group) is 1. The van der Waals surface area contributed by atoms with Crippen LogP contribution in [0.4, 0.5) is 0 Å². The van der Waals surface area contributed by atoms with Gasteiger partial charge in [-0.05, 0) is 13.8 Å². The summed E-state index contributed by atoms with van der Waals surface area (Å²) in [6.45, 7) is 5.63. The van der Waals surface area contributed by atoms with Gasteiger partial charge in [-0.2, -0.15) is 0 Å². The molecular formula is C10H18N2O3. The largest absolute Gasteiger partial charge is 0.465 e. The first kappa shape index (κ1) is 12.0. The third-order valence-corrected chi connectivity index (χ3v) is 2.66. The van der Waals surface area contributed by atoms with E-state index in [1.54, 1.807) is 25.8 Å². The second-order valence-corrected chi connectivity index (χ2v) is 3.71. The van der Waals surface area contributed by atoms with E-state index in [9.17, 15) is 9.59 Å². The van der Waals surface area contributed by atoms with Crippen molar-refractivity contribution in [1.29, 1.82) is 0 Å². The lowest BCUT2D eigenvalue weighted by Crippen LogP contribution is -2.53. The number of piperazine rings is 1. The molecule has 0 aromatic carbocycles. The molecule has 0 radical (unpaired) electrons. The number of hydrogen-bond donors (Lipinski definition) is 0. The topological polar surface area (TPSA) is 49.9 Å². The van der Waals surface area contributed by atoms with Gasteiger partial charge in [0.25, 0.3) is 0 Å². The predicted octanol–water partition coefficient (Wildman–Crippen LogP) is -0.288. The minimum absolute atomic E-state index is 0.0531. The van der Waals surface area contributed by atoms with Gasteiger partial charge in [-0.15, -0.1) is 0 Å². The van der Waals surface area contributed by atoms with Crippen LogP contribution in [0.25, 0.3) is 0 Å². The average Bonchev–Trinajstić information content (AvgIpc) is 2.21. The maximum atomic E-state index is 11.4. The lowest BCUT2D eigenvalue weighted by atomic mass is 10.2. The normalized spacial score (nSPS) is 20.2. The summed E-state index contributed by atoms with van der Waals surface area (Å²) in [5.74, 6) is -0.202. The van der Waals surface area contributed by atoms with Crippen molar-refractivity contribution in [3.63, 3.8) is 0 Å². The summed E-state index contributed by atoms with van der Waals surface area (Å²) in [6, 6.07) is -0.331. The van der Waals surface area contributed by atoms with Crippen molar-refractivity contribution in [2.45, 2.75) is 19.9 Å². The lowest BCUT2D eigenvalue weighted by Gasteiger charge is -2.34. The van der Waals surface area contributed by atoms with E-state index in [2.05, 4.69) is 0 Å². The van der Waals surface area contributed by atoms with Gasteiger partial charge in [-0.25, -0.2) is 0 Å². The van der Waals surface area contributed by atoms with Crippen LogP contribution in [-0.4, -0.2) is 61.0 Å². The van der Waals surface area contributed by atoms with E-state index >= 15 is 0 Å². The number of rotatable bonds is 3. The van der Waals surface area contributed by atoms with Gasteiger partial charge in [0.2, 0.25) is 5.91 Å². The van der Waals surface area contributed by atoms with Crippen molar-refractivity contribution in [2.75, 3.05) is 33.3 Å². The van der Waals surface area contributed by atoms with Gasteiger partial charge in [0.05, 0.1) is 13.2 Å². The first-order chi connectivity index (χ1) is 7.06. The molecule has 0 aliphatic carbocycles. The monoisotopic (exact) mass is 214 g/mol. The zero-order valence-electron chi connectivity index (χ0n) is 9.52. The van der Waals surface area contributed by atoms with Crippen LogP contribution in [0.15, 0.2) is 0 Å². The van der Waals surface area contributed by atoms with Gasteiger partial charge in [0.1, 0.15) is 6.04 Å². The summed E-state index contributed by atoms with van der Waals surface area (Å²) >= 11 is 0. The summed E-state index contributed by atoms with van der Waals surface area (Å²) in [7, 11) is 1.77. The van der Waals surface area contributed by atoms with E-state index in [1.165, 1.54) is 0 Å². The van der Waals surface area contributed by atoms with Gasteiger partial charge in [0, 0.05) is 20.1 Å². The molecule has 0 saturated carbocycles. The highest BCUT2D eigenvalue weighted by Crippen LogP contribution is 2.07. The summed E-state index contributed by atoms with van der Waals surface area (Å²) in [4.78, 5) is 26.4. The molecule has 1 amide bonds. The third-order valence-electron chi connectivity index (χ3n) is 2.66. The van der Waals surface area contributed by atoms with Crippen LogP contribution in [0.5, 0.6) is 0 Å². The van der Waals surface area contributed by atoms with E-state index in [4.69, 9.17) is 4.74 Å². The van der Waals surface area contributed by atoms with E-state index in [-0.39, 0.29) is 17.9 Å². The fourth-order valence-electron chi connectivity index (χ4n) is 1.52. The van der Waals surface area contributed by atoms with Gasteiger partial charge in [-0.1, -0.05) is 0 Å². The van der Waals surface area contributed by atoms with E-state index < -0.39 is 0 Å². The first-order valence-corrected chi connectivity index (χ1v) is 5.21. The van der Waals surface area contributed by atoms with Crippen molar-refractivity contribution in [3.05, 3.63) is 0 Å². The molecule has 1 fully saturated rings. The number of carbonyl (C=O) groups is 2. The number of amides is 1. The minimum Gasteiger partial charge on any atom is -0.465 e. The molecule has 1 atom stereocenters. The molecule has 1 aliphatic heterocycles.